The van der Waals surface area contributed by atoms with Crippen molar-refractivity contribution in [1.82, 2.24) is 0 Å². The van der Waals surface area contributed by atoms with Crippen LogP contribution in [-0.2, 0) is 0 Å². The third-order valence-electron chi connectivity index (χ3n) is 1.88. The zero-order chi connectivity index (χ0) is 10.3. The van der Waals surface area contributed by atoms with Gasteiger partial charge in [-0.3, -0.25) is 0 Å². The van der Waals surface area contributed by atoms with E-state index in [1.165, 1.54) is 16.7 Å². The molecule has 1 aromatic carbocycles. The van der Waals surface area contributed by atoms with Gasteiger partial charge >= 0.3 is 0 Å². The second-order valence-corrected chi connectivity index (χ2v) is 2.81. The van der Waals surface area contributed by atoms with Crippen molar-refractivity contribution in [3.63, 3.8) is 0 Å². The minimum absolute atomic E-state index is 1.35. The number of allylic oxidation sites excluding steroid dienone is 1. The lowest BCUT2D eigenvalue weighted by molar-refractivity contribution is 1.35. The van der Waals surface area contributed by atoms with Gasteiger partial charge in [0.15, 0.2) is 0 Å². The summed E-state index contributed by atoms with van der Waals surface area (Å²) in [6, 6.07) is 6.38. The van der Waals surface area contributed by atoms with Gasteiger partial charge in [0.1, 0.15) is 0 Å². The highest BCUT2D eigenvalue weighted by Gasteiger charge is 1.95. The molecule has 0 nitrogen and oxygen atoms in total. The van der Waals surface area contributed by atoms with Crippen LogP contribution in [0.3, 0.4) is 0 Å². The fourth-order valence-corrected chi connectivity index (χ4v) is 1.26. The summed E-state index contributed by atoms with van der Waals surface area (Å²) in [5.74, 6) is 0. The third kappa shape index (κ3) is 3.45. The third-order valence-corrected chi connectivity index (χ3v) is 1.88. The monoisotopic (exact) mass is 176 g/mol. The second kappa shape index (κ2) is 6.47. The fraction of sp³-hybridized carbons (Fsp3) is 0.385. The summed E-state index contributed by atoms with van der Waals surface area (Å²) in [6.07, 6.45) is 4.24. The van der Waals surface area contributed by atoms with E-state index in [1.807, 2.05) is 20.8 Å². The fourth-order valence-electron chi connectivity index (χ4n) is 1.26. The van der Waals surface area contributed by atoms with Crippen LogP contribution in [0.1, 0.15) is 37.5 Å². The average Bonchev–Trinajstić information content (AvgIpc) is 2.15. The van der Waals surface area contributed by atoms with Gasteiger partial charge in [-0.1, -0.05) is 44.2 Å². The molecule has 0 heteroatoms. The largest absolute Gasteiger partial charge is 0.0870 e. The maximum absolute atomic E-state index is 2.16. The van der Waals surface area contributed by atoms with Gasteiger partial charge in [0.05, 0.1) is 0 Å². The lowest BCUT2D eigenvalue weighted by Gasteiger charge is -2.02. The van der Waals surface area contributed by atoms with E-state index in [0.29, 0.717) is 0 Å². The van der Waals surface area contributed by atoms with Gasteiger partial charge in [0.2, 0.25) is 0 Å². The number of benzene rings is 1. The number of hydrogen-bond acceptors (Lipinski definition) is 0. The highest BCUT2D eigenvalue weighted by atomic mass is 14.0. The Morgan fingerprint density at radius 1 is 1.00 bits per heavy atom. The highest BCUT2D eigenvalue weighted by Crippen LogP contribution is 2.14. The van der Waals surface area contributed by atoms with Gasteiger partial charge in [-0.25, -0.2) is 0 Å². The first-order valence-electron chi connectivity index (χ1n) is 4.94. The van der Waals surface area contributed by atoms with Crippen molar-refractivity contribution in [3.05, 3.63) is 41.0 Å². The van der Waals surface area contributed by atoms with Crippen molar-refractivity contribution < 1.29 is 0 Å². The minimum Gasteiger partial charge on any atom is -0.0870 e. The van der Waals surface area contributed by atoms with E-state index >= 15 is 0 Å². The zero-order valence-electron chi connectivity index (χ0n) is 9.39. The maximum atomic E-state index is 2.16. The quantitative estimate of drug-likeness (QED) is 0.596. The molecule has 0 aliphatic heterocycles. The summed E-state index contributed by atoms with van der Waals surface area (Å²) in [5, 5.41) is 0. The van der Waals surface area contributed by atoms with E-state index < -0.39 is 0 Å². The first kappa shape index (κ1) is 12.0. The summed E-state index contributed by atoms with van der Waals surface area (Å²) < 4.78 is 0. The number of rotatable bonds is 1. The molecule has 0 spiro atoms. The van der Waals surface area contributed by atoms with E-state index in [-0.39, 0.29) is 0 Å². The van der Waals surface area contributed by atoms with Gasteiger partial charge in [0, 0.05) is 0 Å². The van der Waals surface area contributed by atoms with Crippen LogP contribution >= 0.6 is 0 Å². The lowest BCUT2D eigenvalue weighted by Crippen LogP contribution is -1.83. The van der Waals surface area contributed by atoms with Crippen LogP contribution in [0.5, 0.6) is 0 Å². The molecular weight excluding hydrogens is 156 g/mol. The number of aryl methyl sites for hydroxylation is 2. The van der Waals surface area contributed by atoms with Crippen LogP contribution in [-0.4, -0.2) is 0 Å². The summed E-state index contributed by atoms with van der Waals surface area (Å²) in [4.78, 5) is 0. The van der Waals surface area contributed by atoms with Crippen LogP contribution in [0, 0.1) is 13.8 Å². The second-order valence-electron chi connectivity index (χ2n) is 2.81. The molecule has 13 heavy (non-hydrogen) atoms. The van der Waals surface area contributed by atoms with Crippen LogP contribution < -0.4 is 0 Å². The van der Waals surface area contributed by atoms with Crippen molar-refractivity contribution in [2.45, 2.75) is 34.6 Å². The Morgan fingerprint density at radius 2 is 1.46 bits per heavy atom. The molecule has 1 aromatic rings. The Bertz CT molecular complexity index is 249. The zero-order valence-corrected chi connectivity index (χ0v) is 9.39. The molecule has 0 unspecified atom stereocenters. The molecule has 0 N–H and O–H groups in total. The van der Waals surface area contributed by atoms with Gasteiger partial charge in [-0.05, 0) is 37.5 Å². The predicted octanol–water partition coefficient (Wildman–Crippen LogP) is 4.36. The Kier molecular flexibility index (Phi) is 5.96. The van der Waals surface area contributed by atoms with Crippen LogP contribution in [0.2, 0.25) is 0 Å². The van der Waals surface area contributed by atoms with Crippen molar-refractivity contribution in [2.24, 2.45) is 0 Å². The summed E-state index contributed by atoms with van der Waals surface area (Å²) in [6.45, 7) is 10.3. The van der Waals surface area contributed by atoms with Crippen molar-refractivity contribution >= 4 is 6.08 Å². The minimum atomic E-state index is 1.35. The van der Waals surface area contributed by atoms with Gasteiger partial charge in [-0.15, -0.1) is 0 Å². The molecule has 0 fully saturated rings. The molecule has 0 heterocycles. The van der Waals surface area contributed by atoms with Crippen LogP contribution in [0.15, 0.2) is 24.3 Å². The van der Waals surface area contributed by atoms with E-state index in [4.69, 9.17) is 0 Å². The molecular formula is C13H20. The van der Waals surface area contributed by atoms with Gasteiger partial charge in [-0.2, -0.15) is 0 Å². The lowest BCUT2D eigenvalue weighted by atomic mass is 10.0. The van der Waals surface area contributed by atoms with E-state index in [2.05, 4.69) is 44.2 Å². The topological polar surface area (TPSA) is 0 Å². The van der Waals surface area contributed by atoms with E-state index in [0.717, 1.165) is 0 Å². The van der Waals surface area contributed by atoms with Crippen molar-refractivity contribution in [1.29, 1.82) is 0 Å². The molecule has 0 aliphatic rings. The van der Waals surface area contributed by atoms with Crippen LogP contribution in [0.25, 0.3) is 6.08 Å². The average molecular weight is 176 g/mol. The van der Waals surface area contributed by atoms with Crippen molar-refractivity contribution in [3.8, 4) is 0 Å². The van der Waals surface area contributed by atoms with E-state index in [9.17, 15) is 0 Å². The molecule has 0 atom stereocenters. The molecule has 0 saturated heterocycles. The smallest absolute Gasteiger partial charge is 0.0201 e. The molecule has 0 aromatic heterocycles. The first-order valence-corrected chi connectivity index (χ1v) is 4.94. The normalized spacial score (nSPS) is 9.62. The standard InChI is InChI=1S/C11H14.C2H6/c1-4-6-11-9(2)7-5-8-10(11)3;1-2/h4-8H,1-3H3;1-2H3/b6-4-;. The Hall–Kier alpha value is -1.04. The molecule has 0 radical (unpaired) electrons. The first-order chi connectivity index (χ1) is 6.25. The molecule has 0 saturated carbocycles. The maximum Gasteiger partial charge on any atom is -0.0201 e. The summed E-state index contributed by atoms with van der Waals surface area (Å²) in [7, 11) is 0. The summed E-state index contributed by atoms with van der Waals surface area (Å²) >= 11 is 0. The van der Waals surface area contributed by atoms with Gasteiger partial charge < -0.3 is 0 Å². The Morgan fingerprint density at radius 3 is 1.85 bits per heavy atom. The summed E-state index contributed by atoms with van der Waals surface area (Å²) in [5.41, 5.74) is 4.06. The SMILES string of the molecule is C/C=C\c1c(C)cccc1C.CC. The molecule has 0 aliphatic carbocycles. The highest BCUT2D eigenvalue weighted by molar-refractivity contribution is 5.57. The van der Waals surface area contributed by atoms with Gasteiger partial charge in [0.25, 0.3) is 0 Å². The van der Waals surface area contributed by atoms with Crippen molar-refractivity contribution in [2.75, 3.05) is 0 Å². The predicted molar refractivity (Wildman–Crippen MR) is 62.0 cm³/mol. The number of hydrogen-bond donors (Lipinski definition) is 0. The van der Waals surface area contributed by atoms with E-state index in [1.54, 1.807) is 0 Å². The molecule has 1 rings (SSSR count). The molecule has 0 amide bonds. The van der Waals surface area contributed by atoms with Crippen LogP contribution in [0.4, 0.5) is 0 Å². The molecule has 72 valence electrons. The molecule has 0 bridgehead atoms. The Labute approximate surface area is 82.3 Å². The Balaban J connectivity index is 0.000000671.